The number of fused-ring (bicyclic) bond motifs is 1. The molecule has 2 aliphatic heterocycles. The Labute approximate surface area is 180 Å². The molecule has 1 aromatic carbocycles. The number of para-hydroxylation sites is 1. The van der Waals surface area contributed by atoms with Crippen molar-refractivity contribution in [2.75, 3.05) is 25.0 Å². The molecule has 1 fully saturated rings. The second kappa shape index (κ2) is 9.32. The lowest BCUT2D eigenvalue weighted by molar-refractivity contribution is -0.124. The summed E-state index contributed by atoms with van der Waals surface area (Å²) in [5.74, 6) is 0.613. The number of thiophene rings is 1. The van der Waals surface area contributed by atoms with Crippen molar-refractivity contribution in [2.45, 2.75) is 42.4 Å². The minimum absolute atomic E-state index is 0.0658. The van der Waals surface area contributed by atoms with Gasteiger partial charge in [-0.15, -0.1) is 23.1 Å². The van der Waals surface area contributed by atoms with Crippen molar-refractivity contribution in [3.8, 4) is 0 Å². The zero-order valence-corrected chi connectivity index (χ0v) is 18.2. The van der Waals surface area contributed by atoms with Gasteiger partial charge in [0.05, 0.1) is 17.0 Å². The number of nitrogens with zero attached hydrogens (tertiary/aromatic N) is 1. The SMILES string of the molecule is CC1CCN([C@@H](CNC(=O)C[C@H]2Sc3ccccc3NC2=O)c2cccs2)CC1. The van der Waals surface area contributed by atoms with Crippen LogP contribution in [0.4, 0.5) is 5.69 Å². The van der Waals surface area contributed by atoms with E-state index < -0.39 is 0 Å². The molecule has 0 bridgehead atoms. The van der Waals surface area contributed by atoms with Crippen molar-refractivity contribution in [1.82, 2.24) is 10.2 Å². The molecule has 0 spiro atoms. The number of carbonyl (C=O) groups excluding carboxylic acids is 2. The highest BCUT2D eigenvalue weighted by atomic mass is 32.2. The summed E-state index contributed by atoms with van der Waals surface area (Å²) < 4.78 is 0. The van der Waals surface area contributed by atoms with E-state index >= 15 is 0 Å². The van der Waals surface area contributed by atoms with Gasteiger partial charge in [-0.25, -0.2) is 0 Å². The molecule has 2 aliphatic rings. The molecule has 0 unspecified atom stereocenters. The molecule has 4 rings (SSSR count). The second-order valence-corrected chi connectivity index (χ2v) is 10.1. The summed E-state index contributed by atoms with van der Waals surface area (Å²) in [7, 11) is 0. The fourth-order valence-electron chi connectivity index (χ4n) is 3.91. The first kappa shape index (κ1) is 20.4. The number of thioether (sulfide) groups is 1. The molecule has 29 heavy (non-hydrogen) atoms. The standard InChI is InChI=1S/C22H27N3O2S2/c1-15-8-10-25(11-9-15)17(19-7-4-12-28-19)14-23-21(26)13-20-22(27)24-16-5-2-3-6-18(16)29-20/h2-7,12,15,17,20H,8-11,13-14H2,1H3,(H,23,26)(H,24,27)/t17-,20+/m0/s1. The largest absolute Gasteiger partial charge is 0.354 e. The van der Waals surface area contributed by atoms with Gasteiger partial charge >= 0.3 is 0 Å². The van der Waals surface area contributed by atoms with E-state index in [4.69, 9.17) is 0 Å². The quantitative estimate of drug-likeness (QED) is 0.725. The number of nitrogens with one attached hydrogen (secondary N) is 2. The van der Waals surface area contributed by atoms with E-state index in [2.05, 4.69) is 40.0 Å². The maximum atomic E-state index is 12.7. The van der Waals surface area contributed by atoms with Gasteiger partial charge < -0.3 is 10.6 Å². The van der Waals surface area contributed by atoms with Crippen LogP contribution >= 0.6 is 23.1 Å². The molecule has 2 amide bonds. The first-order chi connectivity index (χ1) is 14.1. The number of hydrogen-bond acceptors (Lipinski definition) is 5. The first-order valence-corrected chi connectivity index (χ1v) is 12.0. The van der Waals surface area contributed by atoms with Gasteiger partial charge in [-0.3, -0.25) is 14.5 Å². The van der Waals surface area contributed by atoms with Crippen molar-refractivity contribution >= 4 is 40.6 Å². The highest BCUT2D eigenvalue weighted by Crippen LogP contribution is 2.36. The van der Waals surface area contributed by atoms with Crippen LogP contribution in [0.3, 0.4) is 0 Å². The molecule has 0 saturated carbocycles. The van der Waals surface area contributed by atoms with Crippen molar-refractivity contribution in [3.63, 3.8) is 0 Å². The molecule has 0 radical (unpaired) electrons. The molecule has 0 aliphatic carbocycles. The van der Waals surface area contributed by atoms with Crippen molar-refractivity contribution in [3.05, 3.63) is 46.7 Å². The van der Waals surface area contributed by atoms with Gasteiger partial charge in [-0.05, 0) is 55.4 Å². The number of carbonyl (C=O) groups is 2. The highest BCUT2D eigenvalue weighted by molar-refractivity contribution is 8.01. The summed E-state index contributed by atoms with van der Waals surface area (Å²) in [5.41, 5.74) is 0.830. The Morgan fingerprint density at radius 1 is 1.24 bits per heavy atom. The van der Waals surface area contributed by atoms with Gasteiger partial charge in [-0.2, -0.15) is 0 Å². The Kier molecular flexibility index (Phi) is 6.57. The predicted octanol–water partition coefficient (Wildman–Crippen LogP) is 4.14. The fraction of sp³-hybridized carbons (Fsp3) is 0.455. The average Bonchev–Trinajstić information content (AvgIpc) is 3.24. The third-order valence-electron chi connectivity index (χ3n) is 5.70. The molecule has 2 atom stereocenters. The van der Waals surface area contributed by atoms with E-state index in [1.54, 1.807) is 11.3 Å². The first-order valence-electron chi connectivity index (χ1n) is 10.2. The summed E-state index contributed by atoms with van der Waals surface area (Å²) in [4.78, 5) is 29.8. The molecule has 5 nitrogen and oxygen atoms in total. The number of rotatable bonds is 6. The van der Waals surface area contributed by atoms with Crippen LogP contribution in [0.1, 0.15) is 37.1 Å². The van der Waals surface area contributed by atoms with Gasteiger partial charge in [0, 0.05) is 22.7 Å². The maximum Gasteiger partial charge on any atom is 0.238 e. The highest BCUT2D eigenvalue weighted by Gasteiger charge is 2.30. The van der Waals surface area contributed by atoms with Gasteiger partial charge in [0.1, 0.15) is 0 Å². The summed E-state index contributed by atoms with van der Waals surface area (Å²) in [6.45, 7) is 5.03. The number of hydrogen-bond donors (Lipinski definition) is 2. The number of benzene rings is 1. The third kappa shape index (κ3) is 5.02. The molecule has 1 aromatic heterocycles. The molecule has 3 heterocycles. The Hall–Kier alpha value is -1.83. The number of anilines is 1. The number of likely N-dealkylation sites (tertiary alicyclic amines) is 1. The van der Waals surface area contributed by atoms with Gasteiger partial charge in [0.15, 0.2) is 0 Å². The molecule has 7 heteroatoms. The molecule has 154 valence electrons. The summed E-state index contributed by atoms with van der Waals surface area (Å²) in [6.07, 6.45) is 2.60. The summed E-state index contributed by atoms with van der Waals surface area (Å²) in [5, 5.41) is 7.72. The molecule has 1 saturated heterocycles. The number of amides is 2. The smallest absolute Gasteiger partial charge is 0.238 e. The van der Waals surface area contributed by atoms with Crippen LogP contribution in [0.15, 0.2) is 46.7 Å². The topological polar surface area (TPSA) is 61.4 Å². The lowest BCUT2D eigenvalue weighted by atomic mass is 9.97. The van der Waals surface area contributed by atoms with E-state index in [1.807, 2.05) is 24.3 Å². The lowest BCUT2D eigenvalue weighted by Crippen LogP contribution is -2.42. The second-order valence-electron chi connectivity index (χ2n) is 7.85. The normalized spacial score (nSPS) is 21.3. The van der Waals surface area contributed by atoms with E-state index in [9.17, 15) is 9.59 Å². The predicted molar refractivity (Wildman–Crippen MR) is 119 cm³/mol. The molecule has 2 N–H and O–H groups in total. The molecular formula is C22H27N3O2S2. The lowest BCUT2D eigenvalue weighted by Gasteiger charge is -2.36. The Morgan fingerprint density at radius 3 is 2.79 bits per heavy atom. The number of piperidine rings is 1. The van der Waals surface area contributed by atoms with Crippen LogP contribution < -0.4 is 10.6 Å². The Bertz CT molecular complexity index is 848. The van der Waals surface area contributed by atoms with Crippen molar-refractivity contribution in [2.24, 2.45) is 5.92 Å². The van der Waals surface area contributed by atoms with E-state index in [0.29, 0.717) is 6.54 Å². The minimum Gasteiger partial charge on any atom is -0.354 e. The third-order valence-corrected chi connectivity index (χ3v) is 7.95. The van der Waals surface area contributed by atoms with E-state index in [-0.39, 0.29) is 29.5 Å². The van der Waals surface area contributed by atoms with Gasteiger partial charge in [-0.1, -0.05) is 25.1 Å². The molecule has 2 aromatic rings. The van der Waals surface area contributed by atoms with Crippen LogP contribution in [0.25, 0.3) is 0 Å². The zero-order valence-electron chi connectivity index (χ0n) is 16.6. The van der Waals surface area contributed by atoms with Crippen molar-refractivity contribution in [1.29, 1.82) is 0 Å². The van der Waals surface area contributed by atoms with Crippen LogP contribution in [-0.4, -0.2) is 41.6 Å². The van der Waals surface area contributed by atoms with Gasteiger partial charge in [0.25, 0.3) is 0 Å². The fourth-order valence-corrected chi connectivity index (χ4v) is 5.88. The van der Waals surface area contributed by atoms with Crippen LogP contribution in [0, 0.1) is 5.92 Å². The van der Waals surface area contributed by atoms with Crippen molar-refractivity contribution < 1.29 is 9.59 Å². The van der Waals surface area contributed by atoms with Crippen LogP contribution in [-0.2, 0) is 9.59 Å². The summed E-state index contributed by atoms with van der Waals surface area (Å²) >= 11 is 3.22. The van der Waals surface area contributed by atoms with Gasteiger partial charge in [0.2, 0.25) is 11.8 Å². The van der Waals surface area contributed by atoms with E-state index in [0.717, 1.165) is 29.6 Å². The average molecular weight is 430 g/mol. The van der Waals surface area contributed by atoms with Crippen LogP contribution in [0.5, 0.6) is 0 Å². The minimum atomic E-state index is -0.388. The molecular weight excluding hydrogens is 402 g/mol. The monoisotopic (exact) mass is 429 g/mol. The Morgan fingerprint density at radius 2 is 2.03 bits per heavy atom. The zero-order chi connectivity index (χ0) is 20.2. The Balaban J connectivity index is 1.35. The van der Waals surface area contributed by atoms with Crippen LogP contribution in [0.2, 0.25) is 0 Å². The summed E-state index contributed by atoms with van der Waals surface area (Å²) in [6, 6.07) is 12.2. The van der Waals surface area contributed by atoms with E-state index in [1.165, 1.54) is 29.5 Å². The maximum absolute atomic E-state index is 12.7.